The summed E-state index contributed by atoms with van der Waals surface area (Å²) in [6, 6.07) is 5.98. The van der Waals surface area contributed by atoms with E-state index in [1.165, 1.54) is 49.9 Å². The van der Waals surface area contributed by atoms with Crippen LogP contribution in [0.5, 0.6) is 0 Å². The number of aromatic nitrogens is 1. The number of hydrogen-bond donors (Lipinski definition) is 2. The number of benzene rings is 1. The standard InChI is InChI=1S/C25H31N3O2S/c29-22(26-19-4-2-1-3-5-19)18-6-7-20-21(11-18)31-24(27-20)28-23(30)25-12-15-8-16(13-25)10-17(9-15)14-25/h6-7,11,15-17,19H,1-5,8-10,12-14H2,(H,26,29)(H,27,28,30). The zero-order valence-electron chi connectivity index (χ0n) is 18.0. The maximum absolute atomic E-state index is 13.3. The van der Waals surface area contributed by atoms with Gasteiger partial charge in [-0.1, -0.05) is 30.6 Å². The predicted octanol–water partition coefficient (Wildman–Crippen LogP) is 5.51. The van der Waals surface area contributed by atoms with Crippen LogP contribution < -0.4 is 10.6 Å². The minimum atomic E-state index is -0.169. The highest BCUT2D eigenvalue weighted by molar-refractivity contribution is 7.22. The van der Waals surface area contributed by atoms with Crippen molar-refractivity contribution in [2.75, 3.05) is 5.32 Å². The molecule has 7 rings (SSSR count). The van der Waals surface area contributed by atoms with Crippen molar-refractivity contribution in [1.29, 1.82) is 0 Å². The summed E-state index contributed by atoms with van der Waals surface area (Å²) in [7, 11) is 0. The number of nitrogens with one attached hydrogen (secondary N) is 2. The van der Waals surface area contributed by atoms with Crippen molar-refractivity contribution in [2.45, 2.75) is 76.7 Å². The lowest BCUT2D eigenvalue weighted by molar-refractivity contribution is -0.140. The van der Waals surface area contributed by atoms with Crippen LogP contribution in [0.1, 0.15) is 81.0 Å². The Labute approximate surface area is 187 Å². The van der Waals surface area contributed by atoms with Crippen molar-refractivity contribution in [2.24, 2.45) is 23.2 Å². The van der Waals surface area contributed by atoms with Gasteiger partial charge in [0.1, 0.15) is 0 Å². The quantitative estimate of drug-likeness (QED) is 0.662. The molecule has 1 aromatic carbocycles. The highest BCUT2D eigenvalue weighted by Gasteiger charge is 2.54. The fourth-order valence-electron chi connectivity index (χ4n) is 7.25. The van der Waals surface area contributed by atoms with E-state index in [9.17, 15) is 9.59 Å². The topological polar surface area (TPSA) is 71.1 Å². The first-order valence-corrected chi connectivity index (χ1v) is 12.9. The minimum absolute atomic E-state index is 0.00125. The lowest BCUT2D eigenvalue weighted by Gasteiger charge is -2.55. The number of anilines is 1. The van der Waals surface area contributed by atoms with Gasteiger partial charge in [0.05, 0.1) is 15.6 Å². The Hall–Kier alpha value is -1.95. The number of carbonyl (C=O) groups is 2. The molecule has 4 bridgehead atoms. The molecule has 2 amide bonds. The summed E-state index contributed by atoms with van der Waals surface area (Å²) in [6.07, 6.45) is 13.0. The van der Waals surface area contributed by atoms with Crippen molar-refractivity contribution in [1.82, 2.24) is 10.3 Å². The van der Waals surface area contributed by atoms with Gasteiger partial charge in [0.25, 0.3) is 5.91 Å². The predicted molar refractivity (Wildman–Crippen MR) is 123 cm³/mol. The number of fused-ring (bicyclic) bond motifs is 1. The molecule has 0 unspecified atom stereocenters. The molecule has 5 nitrogen and oxygen atoms in total. The summed E-state index contributed by atoms with van der Waals surface area (Å²) < 4.78 is 0.956. The molecule has 0 atom stereocenters. The number of thiazole rings is 1. The SMILES string of the molecule is O=C(NC1CCCCC1)c1ccc2nc(NC(=O)C34CC5CC(CC(C5)C3)C4)sc2c1. The maximum Gasteiger partial charge on any atom is 0.251 e. The van der Waals surface area contributed by atoms with Crippen molar-refractivity contribution in [3.05, 3.63) is 23.8 Å². The summed E-state index contributed by atoms with van der Waals surface area (Å²) in [5.74, 6) is 2.43. The van der Waals surface area contributed by atoms with E-state index < -0.39 is 0 Å². The van der Waals surface area contributed by atoms with E-state index in [1.54, 1.807) is 0 Å². The number of hydrogen-bond acceptors (Lipinski definition) is 4. The van der Waals surface area contributed by atoms with Gasteiger partial charge in [-0.05, 0) is 87.3 Å². The molecule has 2 aromatic rings. The molecule has 1 heterocycles. The van der Waals surface area contributed by atoms with Crippen LogP contribution in [0.25, 0.3) is 10.2 Å². The van der Waals surface area contributed by atoms with E-state index >= 15 is 0 Å². The van der Waals surface area contributed by atoms with Gasteiger partial charge < -0.3 is 10.6 Å². The molecule has 5 aliphatic rings. The number of carbonyl (C=O) groups excluding carboxylic acids is 2. The molecule has 0 saturated heterocycles. The summed E-state index contributed by atoms with van der Waals surface area (Å²) in [4.78, 5) is 30.7. The lowest BCUT2D eigenvalue weighted by atomic mass is 9.49. The van der Waals surface area contributed by atoms with Gasteiger partial charge in [0, 0.05) is 11.6 Å². The molecule has 6 heteroatoms. The first-order valence-electron chi connectivity index (χ1n) is 12.1. The molecule has 0 radical (unpaired) electrons. The van der Waals surface area contributed by atoms with Crippen LogP contribution in [0.4, 0.5) is 5.13 Å². The van der Waals surface area contributed by atoms with Crippen molar-refractivity contribution in [3.63, 3.8) is 0 Å². The normalized spacial score (nSPS) is 32.3. The van der Waals surface area contributed by atoms with E-state index in [0.29, 0.717) is 16.7 Å². The first-order chi connectivity index (χ1) is 15.1. The van der Waals surface area contributed by atoms with Crippen molar-refractivity contribution in [3.8, 4) is 0 Å². The average Bonchev–Trinajstić information content (AvgIpc) is 3.15. The summed E-state index contributed by atoms with van der Waals surface area (Å²) >= 11 is 1.48. The molecule has 5 aliphatic carbocycles. The Morgan fingerprint density at radius 2 is 1.65 bits per heavy atom. The summed E-state index contributed by atoms with van der Waals surface area (Å²) in [5, 5.41) is 7.03. The summed E-state index contributed by atoms with van der Waals surface area (Å²) in [6.45, 7) is 0. The molecule has 0 aliphatic heterocycles. The molecule has 5 saturated carbocycles. The Morgan fingerprint density at radius 3 is 2.32 bits per heavy atom. The second-order valence-electron chi connectivity index (χ2n) is 10.7. The van der Waals surface area contributed by atoms with Crippen LogP contribution in [0, 0.1) is 23.2 Å². The third kappa shape index (κ3) is 3.67. The summed E-state index contributed by atoms with van der Waals surface area (Å²) in [5.41, 5.74) is 1.36. The minimum Gasteiger partial charge on any atom is -0.349 e. The second kappa shape index (κ2) is 7.58. The third-order valence-electron chi connectivity index (χ3n) is 8.33. The van der Waals surface area contributed by atoms with Gasteiger partial charge in [0.2, 0.25) is 5.91 Å². The molecular formula is C25H31N3O2S. The number of rotatable bonds is 4. The van der Waals surface area contributed by atoms with E-state index in [4.69, 9.17) is 0 Å². The number of nitrogens with zero attached hydrogens (tertiary/aromatic N) is 1. The van der Waals surface area contributed by atoms with Gasteiger partial charge in [-0.25, -0.2) is 4.98 Å². The second-order valence-corrected chi connectivity index (χ2v) is 11.7. The molecule has 0 spiro atoms. The largest absolute Gasteiger partial charge is 0.349 e. The Balaban J connectivity index is 1.17. The molecule has 164 valence electrons. The van der Waals surface area contributed by atoms with Crippen molar-refractivity contribution >= 4 is 38.5 Å². The maximum atomic E-state index is 13.3. The zero-order chi connectivity index (χ0) is 21.0. The fraction of sp³-hybridized carbons (Fsp3) is 0.640. The van der Waals surface area contributed by atoms with E-state index in [0.717, 1.165) is 60.1 Å². The van der Waals surface area contributed by atoms with Gasteiger partial charge in [0.15, 0.2) is 5.13 Å². The van der Waals surface area contributed by atoms with Gasteiger partial charge >= 0.3 is 0 Å². The fourth-order valence-corrected chi connectivity index (χ4v) is 8.15. The van der Waals surface area contributed by atoms with Crippen LogP contribution in [-0.4, -0.2) is 22.8 Å². The Morgan fingerprint density at radius 1 is 0.968 bits per heavy atom. The van der Waals surface area contributed by atoms with Gasteiger partial charge in [-0.15, -0.1) is 0 Å². The van der Waals surface area contributed by atoms with Gasteiger partial charge in [-0.2, -0.15) is 0 Å². The average molecular weight is 438 g/mol. The van der Waals surface area contributed by atoms with Gasteiger partial charge in [-0.3, -0.25) is 9.59 Å². The van der Waals surface area contributed by atoms with Crippen LogP contribution in [0.3, 0.4) is 0 Å². The Bertz CT molecular complexity index is 988. The monoisotopic (exact) mass is 437 g/mol. The highest BCUT2D eigenvalue weighted by atomic mass is 32.1. The zero-order valence-corrected chi connectivity index (χ0v) is 18.8. The highest BCUT2D eigenvalue weighted by Crippen LogP contribution is 2.60. The van der Waals surface area contributed by atoms with E-state index in [-0.39, 0.29) is 17.2 Å². The van der Waals surface area contributed by atoms with E-state index in [1.807, 2.05) is 18.2 Å². The smallest absolute Gasteiger partial charge is 0.251 e. The van der Waals surface area contributed by atoms with Crippen LogP contribution >= 0.6 is 11.3 Å². The lowest BCUT2D eigenvalue weighted by Crippen LogP contribution is -2.51. The molecule has 5 fully saturated rings. The molecule has 1 aromatic heterocycles. The van der Waals surface area contributed by atoms with E-state index in [2.05, 4.69) is 15.6 Å². The molecule has 31 heavy (non-hydrogen) atoms. The molecule has 2 N–H and O–H groups in total. The Kier molecular flexibility index (Phi) is 4.82. The molecular weight excluding hydrogens is 406 g/mol. The van der Waals surface area contributed by atoms with Crippen LogP contribution in [-0.2, 0) is 4.79 Å². The van der Waals surface area contributed by atoms with Crippen LogP contribution in [0.15, 0.2) is 18.2 Å². The van der Waals surface area contributed by atoms with Crippen LogP contribution in [0.2, 0.25) is 0 Å². The third-order valence-corrected chi connectivity index (χ3v) is 9.26. The van der Waals surface area contributed by atoms with Crippen molar-refractivity contribution < 1.29 is 9.59 Å². The number of amides is 2. The first kappa shape index (κ1) is 19.7.